The number of phenols is 2. The molecule has 0 spiro atoms. The Labute approximate surface area is 317 Å². The fourth-order valence-corrected chi connectivity index (χ4v) is 8.14. The second-order valence-electron chi connectivity index (χ2n) is 14.1. The number of methoxy groups -OCH3 is 1. The van der Waals surface area contributed by atoms with Gasteiger partial charge in [-0.1, -0.05) is 42.5 Å². The van der Waals surface area contributed by atoms with Crippen molar-refractivity contribution in [3.05, 3.63) is 87.5 Å². The van der Waals surface area contributed by atoms with E-state index in [1.807, 2.05) is 0 Å². The second kappa shape index (κ2) is 15.4. The van der Waals surface area contributed by atoms with E-state index in [1.165, 1.54) is 25.3 Å². The average molecular weight is 767 g/mol. The molecule has 0 aromatic heterocycles. The Morgan fingerprint density at radius 3 is 2.37 bits per heavy atom. The molecule has 6 N–H and O–H groups in total. The molecule has 0 bridgehead atoms. The van der Waals surface area contributed by atoms with Crippen LogP contribution in [0.3, 0.4) is 0 Å². The van der Waals surface area contributed by atoms with Crippen LogP contribution in [0.2, 0.25) is 0 Å². The monoisotopic (exact) mass is 766 g/mol. The quantitative estimate of drug-likeness (QED) is 0.122. The van der Waals surface area contributed by atoms with Gasteiger partial charge in [0.05, 0.1) is 42.1 Å². The van der Waals surface area contributed by atoms with Gasteiger partial charge in [0, 0.05) is 42.0 Å². The highest BCUT2D eigenvalue weighted by Gasteiger charge is 2.51. The van der Waals surface area contributed by atoms with Gasteiger partial charge in [0.25, 0.3) is 0 Å². The predicted molar refractivity (Wildman–Crippen MR) is 193 cm³/mol. The molecule has 2 fully saturated rings. The fraction of sp³-hybridized carbons (Fsp3) is 0.436. The minimum atomic E-state index is -2.36. The van der Waals surface area contributed by atoms with Gasteiger partial charge < -0.3 is 45.1 Å². The van der Waals surface area contributed by atoms with E-state index in [9.17, 15) is 39.6 Å². The summed E-state index contributed by atoms with van der Waals surface area (Å²) < 4.78 is 23.1. The van der Waals surface area contributed by atoms with Crippen LogP contribution in [0.25, 0.3) is 0 Å². The van der Waals surface area contributed by atoms with Gasteiger partial charge in [-0.05, 0) is 44.5 Å². The smallest absolute Gasteiger partial charge is 0.327 e. The van der Waals surface area contributed by atoms with E-state index >= 15 is 0 Å². The number of carbonyl (C=O) groups excluding carboxylic acids is 4. The number of esters is 1. The first-order valence-corrected chi connectivity index (χ1v) is 17.7. The average Bonchev–Trinajstić information content (AvgIpc) is 3.70. The number of nitrogens with zero attached hydrogens (tertiary/aromatic N) is 1. The molecule has 3 aromatic rings. The van der Waals surface area contributed by atoms with Gasteiger partial charge in [-0.2, -0.15) is 0 Å². The lowest BCUT2D eigenvalue weighted by Gasteiger charge is -2.44. The van der Waals surface area contributed by atoms with Gasteiger partial charge >= 0.3 is 5.97 Å². The molecule has 0 radical (unpaired) electrons. The number of rotatable bonds is 9. The number of likely N-dealkylation sites (tertiary alicyclic amines) is 1. The summed E-state index contributed by atoms with van der Waals surface area (Å²) in [4.78, 5) is 56.7. The Bertz CT molecular complexity index is 1970. The lowest BCUT2D eigenvalue weighted by molar-refractivity contribution is -0.257. The van der Waals surface area contributed by atoms with Gasteiger partial charge in [-0.25, -0.2) is 4.79 Å². The van der Waals surface area contributed by atoms with E-state index in [0.29, 0.717) is 5.56 Å². The molecule has 2 saturated heterocycles. The lowest BCUT2D eigenvalue weighted by Crippen LogP contribution is -2.55. The highest BCUT2D eigenvalue weighted by Crippen LogP contribution is 2.52. The summed E-state index contributed by atoms with van der Waals surface area (Å²) >= 11 is 0. The molecule has 288 valence electrons. The zero-order valence-corrected chi connectivity index (χ0v) is 30.5. The van der Waals surface area contributed by atoms with Crippen molar-refractivity contribution < 1.29 is 58.6 Å². The maximum absolute atomic E-state index is 14.0. The molecular weight excluding hydrogens is 724 g/mol. The van der Waals surface area contributed by atoms with Gasteiger partial charge in [0.15, 0.2) is 18.7 Å². The largest absolute Gasteiger partial charge is 0.507 e. The highest BCUT2D eigenvalue weighted by atomic mass is 35.5. The molecule has 2 heterocycles. The van der Waals surface area contributed by atoms with Crippen LogP contribution in [0.1, 0.15) is 93.3 Å². The third-order valence-electron chi connectivity index (χ3n) is 11.0. The Kier molecular flexibility index (Phi) is 11.2. The maximum Gasteiger partial charge on any atom is 0.327 e. The van der Waals surface area contributed by atoms with Crippen LogP contribution in [0.15, 0.2) is 48.5 Å². The van der Waals surface area contributed by atoms with Crippen LogP contribution in [-0.2, 0) is 30.2 Å². The summed E-state index contributed by atoms with van der Waals surface area (Å²) in [5, 5.41) is 46.8. The summed E-state index contributed by atoms with van der Waals surface area (Å²) in [6.45, 7) is 2.36. The van der Waals surface area contributed by atoms with E-state index in [1.54, 1.807) is 37.3 Å². The summed E-state index contributed by atoms with van der Waals surface area (Å²) in [7, 11) is 1.33. The number of benzene rings is 3. The van der Waals surface area contributed by atoms with Crippen LogP contribution in [-0.4, -0.2) is 106 Å². The summed E-state index contributed by atoms with van der Waals surface area (Å²) in [5.74, 6) is -4.72. The Morgan fingerprint density at radius 1 is 1.00 bits per heavy atom. The van der Waals surface area contributed by atoms with Crippen molar-refractivity contribution >= 4 is 35.7 Å². The second-order valence-corrected chi connectivity index (χ2v) is 14.1. The lowest BCUT2D eigenvalue weighted by atomic mass is 9.72. The molecule has 14 nitrogen and oxygen atoms in total. The third-order valence-corrected chi connectivity index (χ3v) is 11.0. The summed E-state index contributed by atoms with van der Waals surface area (Å²) in [6.07, 6.45) is -2.93. The number of aliphatic hydroxyl groups excluding tert-OH is 1. The van der Waals surface area contributed by atoms with Crippen molar-refractivity contribution in [1.29, 1.82) is 0 Å². The molecule has 4 aliphatic rings. The molecule has 2 aliphatic heterocycles. The third kappa shape index (κ3) is 6.76. The van der Waals surface area contributed by atoms with Crippen molar-refractivity contribution in [2.75, 3.05) is 26.8 Å². The van der Waals surface area contributed by atoms with Crippen LogP contribution in [0, 0.1) is 0 Å². The summed E-state index contributed by atoms with van der Waals surface area (Å²) in [5.41, 5.74) is 2.70. The van der Waals surface area contributed by atoms with Crippen LogP contribution >= 0.6 is 12.4 Å². The van der Waals surface area contributed by atoms with Crippen LogP contribution in [0.5, 0.6) is 17.2 Å². The van der Waals surface area contributed by atoms with E-state index in [2.05, 4.69) is 4.90 Å². The van der Waals surface area contributed by atoms with Gasteiger partial charge in [-0.15, -0.1) is 12.4 Å². The van der Waals surface area contributed by atoms with Crippen LogP contribution in [0.4, 0.5) is 0 Å². The molecule has 7 atom stereocenters. The first-order chi connectivity index (χ1) is 25.3. The van der Waals surface area contributed by atoms with Crippen molar-refractivity contribution in [1.82, 2.24) is 4.90 Å². The number of hydrogen-bond acceptors (Lipinski definition) is 14. The first-order valence-electron chi connectivity index (χ1n) is 17.7. The molecule has 15 heteroatoms. The first kappa shape index (κ1) is 39.3. The molecule has 0 saturated carbocycles. The van der Waals surface area contributed by atoms with Gasteiger partial charge in [0.1, 0.15) is 28.9 Å². The van der Waals surface area contributed by atoms with E-state index in [0.717, 1.165) is 25.9 Å². The maximum atomic E-state index is 14.0. The van der Waals surface area contributed by atoms with Gasteiger partial charge in [0.2, 0.25) is 11.6 Å². The summed E-state index contributed by atoms with van der Waals surface area (Å²) in [6, 6.07) is 11.2. The Morgan fingerprint density at radius 2 is 1.69 bits per heavy atom. The molecule has 54 heavy (non-hydrogen) atoms. The number of nitrogens with two attached hydrogens (primary N) is 1. The van der Waals surface area contributed by atoms with E-state index < -0.39 is 102 Å². The number of halogens is 1. The fourth-order valence-electron chi connectivity index (χ4n) is 8.14. The number of Topliss-reactive ketones (excluding diaryl/α,β-unsaturated/α-hetero) is 1. The number of fused-ring (bicyclic) bond motifs is 3. The zero-order chi connectivity index (χ0) is 37.8. The van der Waals surface area contributed by atoms with Crippen LogP contribution < -0.4 is 10.5 Å². The number of ether oxygens (including phenoxy) is 4. The number of hydrogen-bond donors (Lipinski definition) is 5. The highest BCUT2D eigenvalue weighted by molar-refractivity contribution is 6.31. The molecular formula is C39H43ClN2O12. The van der Waals surface area contributed by atoms with Crippen molar-refractivity contribution in [3.8, 4) is 17.2 Å². The molecule has 0 amide bonds. The molecule has 7 rings (SSSR count). The van der Waals surface area contributed by atoms with Crippen molar-refractivity contribution in [2.24, 2.45) is 5.73 Å². The van der Waals surface area contributed by atoms with Crippen molar-refractivity contribution in [2.45, 2.75) is 81.3 Å². The Hall–Kier alpha value is -4.41. The van der Waals surface area contributed by atoms with Crippen molar-refractivity contribution in [3.63, 3.8) is 0 Å². The van der Waals surface area contributed by atoms with E-state index in [-0.39, 0.29) is 52.9 Å². The zero-order valence-electron chi connectivity index (χ0n) is 29.7. The number of aromatic hydroxyl groups is 2. The minimum absolute atomic E-state index is 0. The normalized spacial score (nSPS) is 26.9. The SMILES string of the molecule is COc1cccc2c1C(=O)c1c(O)c3c(c(O)c1C2=O)C[C@@](O)(C(=O)COC(=O)C(N)c1ccccc1)C[C@@H]3O[C@H]1C[C@H](N2CCCC2)[C@H](O)[C@H](C)O1.Cl. The molecule has 2 aliphatic carbocycles. The minimum Gasteiger partial charge on any atom is -0.507 e. The number of phenolic OH excluding ortho intramolecular Hbond substituents is 2. The number of aliphatic hydroxyl groups is 2. The topological polar surface area (TPSA) is 215 Å². The number of ketones is 3. The standard InChI is InChI=1S/C39H42N2O12.ClH/c1-19-33(43)23(41-13-6-7-14-41)15-27(52-19)53-25-17-39(49,26(42)18-51-38(48)32(40)20-9-4-3-5-10-20)16-22-29(25)37(47)31-30(35(22)45)34(44)21-11-8-12-24(50-2)28(21)36(31)46;/h3-5,8-12,19,23,25,27,32-33,43,45,47,49H,6-7,13-18,40H2,1-2H3;1H/t19-,23-,25-,27-,32?,33+,39-;/m0./s1. The van der Waals surface area contributed by atoms with E-state index in [4.69, 9.17) is 24.7 Å². The number of carbonyl (C=O) groups is 4. The molecule has 1 unspecified atom stereocenters. The van der Waals surface area contributed by atoms with Gasteiger partial charge in [-0.3, -0.25) is 19.3 Å². The molecule has 3 aromatic carbocycles. The predicted octanol–water partition coefficient (Wildman–Crippen LogP) is 2.81. The Balaban J connectivity index is 0.00000497.